The number of halogens is 4. The molecule has 0 aromatic heterocycles. The van der Waals surface area contributed by atoms with E-state index in [-0.39, 0.29) is 23.1 Å². The fourth-order valence-electron chi connectivity index (χ4n) is 7.64. The van der Waals surface area contributed by atoms with Crippen molar-refractivity contribution < 1.29 is 62.4 Å². The maximum atomic E-state index is 13.5. The number of ether oxygens (including phenoxy) is 3. The number of carboxylic acid groups (broad SMARTS) is 1. The number of carbonyl (C=O) groups is 1. The number of aliphatic carboxylic acids is 1. The van der Waals surface area contributed by atoms with Crippen LogP contribution < -0.4 is 4.74 Å². The minimum atomic E-state index is -4.67. The van der Waals surface area contributed by atoms with Crippen molar-refractivity contribution in [3.05, 3.63) is 29.3 Å². The molecule has 222 valence electrons. The van der Waals surface area contributed by atoms with Gasteiger partial charge in [-0.15, -0.1) is 11.6 Å². The van der Waals surface area contributed by atoms with Crippen LogP contribution >= 0.6 is 11.6 Å². The van der Waals surface area contributed by atoms with E-state index in [0.29, 0.717) is 37.2 Å². The van der Waals surface area contributed by atoms with E-state index >= 15 is 0 Å². The van der Waals surface area contributed by atoms with E-state index in [1.54, 1.807) is 19.1 Å². The number of benzene rings is 1. The standard InChI is InChI=1S/C26H30ClF3O10/c1-11-2-3-13(6-16(11)37-22-19(33)17(31)18(32)20(38-22)21(34)35)26(36-10-24(28,29)30)25(39-40-26)14-4-12-5-15(25)9-23(27,7-12)8-14/h2-3,6,12,14-15,17-20,22,31-33H,4-5,7-10H2,1H3,(H,34,35). The summed E-state index contributed by atoms with van der Waals surface area (Å²) >= 11 is 6.90. The lowest BCUT2D eigenvalue weighted by Gasteiger charge is -2.70. The van der Waals surface area contributed by atoms with Crippen LogP contribution in [0.5, 0.6) is 5.75 Å². The third-order valence-corrected chi connectivity index (χ3v) is 9.67. The van der Waals surface area contributed by atoms with Crippen LogP contribution in [-0.2, 0) is 29.8 Å². The van der Waals surface area contributed by atoms with Gasteiger partial charge in [0.05, 0.1) is 0 Å². The van der Waals surface area contributed by atoms with E-state index in [0.717, 1.165) is 6.42 Å². The van der Waals surface area contributed by atoms with Crippen LogP contribution in [0, 0.1) is 24.7 Å². The van der Waals surface area contributed by atoms with Gasteiger partial charge < -0.3 is 34.6 Å². The van der Waals surface area contributed by atoms with Crippen LogP contribution in [0.2, 0.25) is 0 Å². The largest absolute Gasteiger partial charge is 0.479 e. The second kappa shape index (κ2) is 9.40. The van der Waals surface area contributed by atoms with Crippen molar-refractivity contribution in [3.63, 3.8) is 0 Å². The maximum Gasteiger partial charge on any atom is 0.411 e. The molecule has 2 saturated heterocycles. The van der Waals surface area contributed by atoms with Gasteiger partial charge >= 0.3 is 12.1 Å². The molecule has 14 heteroatoms. The molecule has 10 nitrogen and oxygen atoms in total. The Balaban J connectivity index is 1.36. The minimum Gasteiger partial charge on any atom is -0.479 e. The summed E-state index contributed by atoms with van der Waals surface area (Å²) in [7, 11) is 0. The molecule has 1 aromatic rings. The van der Waals surface area contributed by atoms with E-state index in [4.69, 9.17) is 35.6 Å². The zero-order chi connectivity index (χ0) is 28.8. The van der Waals surface area contributed by atoms with E-state index in [9.17, 15) is 38.4 Å². The molecule has 4 N–H and O–H groups in total. The highest BCUT2D eigenvalue weighted by molar-refractivity contribution is 6.24. The first-order valence-corrected chi connectivity index (χ1v) is 13.5. The van der Waals surface area contributed by atoms with Gasteiger partial charge in [-0.25, -0.2) is 9.68 Å². The maximum absolute atomic E-state index is 13.5. The summed E-state index contributed by atoms with van der Waals surface area (Å²) in [5.41, 5.74) is -0.604. The lowest BCUT2D eigenvalue weighted by atomic mass is 9.46. The average molecular weight is 595 g/mol. The zero-order valence-electron chi connectivity index (χ0n) is 21.3. The zero-order valence-corrected chi connectivity index (χ0v) is 22.1. The van der Waals surface area contributed by atoms with Crippen molar-refractivity contribution in [2.45, 2.75) is 92.2 Å². The molecule has 6 aliphatic rings. The third-order valence-electron chi connectivity index (χ3n) is 9.20. The second-order valence-electron chi connectivity index (χ2n) is 11.8. The molecule has 2 aliphatic heterocycles. The second-order valence-corrected chi connectivity index (χ2v) is 12.6. The number of aryl methyl sites for hydroxylation is 1. The SMILES string of the molecule is Cc1ccc(C2(OCC(F)(F)F)OOC23C2CC4CC3CC(Cl)(C4)C2)cc1OC1OC(C(=O)O)C(O)C(O)C1O. The third kappa shape index (κ3) is 4.24. The van der Waals surface area contributed by atoms with Crippen LogP contribution in [-0.4, -0.2) is 80.4 Å². The first-order valence-electron chi connectivity index (χ1n) is 13.1. The van der Waals surface area contributed by atoms with Crippen LogP contribution in [0.3, 0.4) is 0 Å². The summed E-state index contributed by atoms with van der Waals surface area (Å²) in [5.74, 6) is -3.64. The molecule has 4 bridgehead atoms. The fourth-order valence-corrected chi connectivity index (χ4v) is 8.23. The highest BCUT2D eigenvalue weighted by atomic mass is 35.5. The topological polar surface area (TPSA) is 144 Å². The molecule has 4 saturated carbocycles. The molecule has 40 heavy (non-hydrogen) atoms. The Kier molecular flexibility index (Phi) is 6.67. The summed E-state index contributed by atoms with van der Waals surface area (Å²) in [6.07, 6.45) is -10.6. The Hall–Kier alpha value is -1.71. The van der Waals surface area contributed by atoms with Crippen LogP contribution in [0.1, 0.15) is 43.2 Å². The first-order chi connectivity index (χ1) is 18.7. The van der Waals surface area contributed by atoms with Crippen molar-refractivity contribution in [1.82, 2.24) is 0 Å². The van der Waals surface area contributed by atoms with Gasteiger partial charge in [0.2, 0.25) is 6.29 Å². The highest BCUT2D eigenvalue weighted by Gasteiger charge is 2.78. The van der Waals surface area contributed by atoms with Gasteiger partial charge in [-0.05, 0) is 68.4 Å². The fraction of sp³-hybridized carbons (Fsp3) is 0.731. The van der Waals surface area contributed by atoms with Gasteiger partial charge in [0.25, 0.3) is 5.79 Å². The molecule has 1 aromatic carbocycles. The van der Waals surface area contributed by atoms with Gasteiger partial charge in [0.1, 0.15) is 30.7 Å². The number of hydrogen-bond donors (Lipinski definition) is 4. The van der Waals surface area contributed by atoms with Gasteiger partial charge in [0, 0.05) is 10.4 Å². The summed E-state index contributed by atoms with van der Waals surface area (Å²) < 4.78 is 57.1. The van der Waals surface area contributed by atoms with Crippen molar-refractivity contribution >= 4 is 17.6 Å². The average Bonchev–Trinajstić information content (AvgIpc) is 2.83. The lowest BCUT2D eigenvalue weighted by Crippen LogP contribution is -2.78. The van der Waals surface area contributed by atoms with Crippen molar-refractivity contribution in [3.8, 4) is 5.75 Å². The number of rotatable bonds is 6. The molecule has 7 rings (SSSR count). The minimum absolute atomic E-state index is 0.00698. The predicted molar refractivity (Wildman–Crippen MR) is 127 cm³/mol. The quantitative estimate of drug-likeness (QED) is 0.286. The summed E-state index contributed by atoms with van der Waals surface area (Å²) in [5, 5.41) is 39.9. The first kappa shape index (κ1) is 28.4. The smallest absolute Gasteiger partial charge is 0.411 e. The van der Waals surface area contributed by atoms with Crippen molar-refractivity contribution in [2.75, 3.05) is 6.61 Å². The van der Waals surface area contributed by atoms with E-state index < -0.39 is 65.7 Å². The van der Waals surface area contributed by atoms with Crippen molar-refractivity contribution in [1.29, 1.82) is 0 Å². The number of hydrogen-bond acceptors (Lipinski definition) is 9. The van der Waals surface area contributed by atoms with E-state index in [1.807, 2.05) is 0 Å². The molecule has 2 heterocycles. The molecular weight excluding hydrogens is 565 g/mol. The van der Waals surface area contributed by atoms with E-state index in [2.05, 4.69) is 0 Å². The normalized spacial score (nSPS) is 45.9. The molecule has 8 unspecified atom stereocenters. The Labute approximate surface area is 231 Å². The number of aliphatic hydroxyl groups excluding tert-OH is 3. The molecule has 0 radical (unpaired) electrons. The van der Waals surface area contributed by atoms with Gasteiger partial charge in [-0.2, -0.15) is 18.1 Å². The van der Waals surface area contributed by atoms with Gasteiger partial charge in [-0.3, -0.25) is 0 Å². The number of alkyl halides is 4. The lowest BCUT2D eigenvalue weighted by molar-refractivity contribution is -0.650. The molecule has 1 spiro atoms. The van der Waals surface area contributed by atoms with Crippen LogP contribution in [0.25, 0.3) is 0 Å². The van der Waals surface area contributed by atoms with Crippen molar-refractivity contribution in [2.24, 2.45) is 17.8 Å². The highest BCUT2D eigenvalue weighted by Crippen LogP contribution is 2.71. The number of carboxylic acids is 1. The Morgan fingerprint density at radius 1 is 1.07 bits per heavy atom. The summed E-state index contributed by atoms with van der Waals surface area (Å²) in [6.45, 7) is 0.0113. The summed E-state index contributed by atoms with van der Waals surface area (Å²) in [4.78, 5) is 22.4. The Morgan fingerprint density at radius 2 is 1.75 bits per heavy atom. The molecule has 4 aliphatic carbocycles. The molecule has 6 fully saturated rings. The molecule has 8 atom stereocenters. The van der Waals surface area contributed by atoms with Crippen LogP contribution in [0.15, 0.2) is 18.2 Å². The van der Waals surface area contributed by atoms with Gasteiger partial charge in [0.15, 0.2) is 11.7 Å². The van der Waals surface area contributed by atoms with Crippen LogP contribution in [0.4, 0.5) is 13.2 Å². The Bertz CT molecular complexity index is 1170. The number of aliphatic hydroxyl groups is 3. The van der Waals surface area contributed by atoms with Gasteiger partial charge in [-0.1, -0.05) is 12.1 Å². The van der Waals surface area contributed by atoms with E-state index in [1.165, 1.54) is 6.07 Å². The predicted octanol–water partition coefficient (Wildman–Crippen LogP) is 2.52. The molecular formula is C26H30ClF3O10. The Morgan fingerprint density at radius 3 is 2.30 bits per heavy atom. The molecule has 0 amide bonds. The monoisotopic (exact) mass is 594 g/mol. The summed E-state index contributed by atoms with van der Waals surface area (Å²) in [6, 6.07) is 4.47.